The van der Waals surface area contributed by atoms with Crippen molar-refractivity contribution in [3.05, 3.63) is 76.5 Å². The Kier molecular flexibility index (Phi) is 6.07. The monoisotopic (exact) mass is 433 g/mol. The fraction of sp³-hybridized carbons (Fsp3) is 0.0952. The number of nitrogens with zero attached hydrogens (tertiary/aromatic N) is 2. The molecule has 5 nitrogen and oxygen atoms in total. The van der Waals surface area contributed by atoms with E-state index < -0.39 is 17.8 Å². The van der Waals surface area contributed by atoms with Crippen LogP contribution in [0.3, 0.4) is 0 Å². The number of aromatic carboxylic acids is 1. The third kappa shape index (κ3) is 4.77. The summed E-state index contributed by atoms with van der Waals surface area (Å²) in [5.74, 6) is -1.30. The predicted octanol–water partition coefficient (Wildman–Crippen LogP) is 6.29. The third-order valence-electron chi connectivity index (χ3n) is 4.04. The molecular formula is C21H15ClF3N3O2. The number of halogens is 4. The van der Waals surface area contributed by atoms with E-state index in [9.17, 15) is 18.0 Å². The van der Waals surface area contributed by atoms with Crippen LogP contribution < -0.4 is 5.32 Å². The highest BCUT2D eigenvalue weighted by Crippen LogP contribution is 2.36. The first-order valence-corrected chi connectivity index (χ1v) is 9.05. The fourth-order valence-corrected chi connectivity index (χ4v) is 2.79. The maximum Gasteiger partial charge on any atom is 0.434 e. The Morgan fingerprint density at radius 2 is 1.70 bits per heavy atom. The molecule has 9 heteroatoms. The highest BCUT2D eigenvalue weighted by molar-refractivity contribution is 6.30. The standard InChI is InChI=1S/C21H15ClF3N3O2/c1-2-3-16-17(21(23,24)25)27-18(12-4-8-14(22)9-5-12)28-19(16)26-15-10-6-13(7-11-15)20(29)30/h2-11H,1H3,(H,29,30)(H,26,27,28). The van der Waals surface area contributed by atoms with E-state index in [2.05, 4.69) is 15.3 Å². The zero-order valence-corrected chi connectivity index (χ0v) is 16.3. The molecule has 0 radical (unpaired) electrons. The molecule has 0 aliphatic carbocycles. The Bertz CT molecular complexity index is 1100. The number of anilines is 2. The van der Waals surface area contributed by atoms with Gasteiger partial charge in [0, 0.05) is 21.8 Å². The maximum atomic E-state index is 13.8. The second-order valence-corrected chi connectivity index (χ2v) is 6.61. The molecule has 0 saturated carbocycles. The number of carbonyl (C=O) groups is 1. The summed E-state index contributed by atoms with van der Waals surface area (Å²) in [4.78, 5) is 19.0. The number of nitrogens with one attached hydrogen (secondary N) is 1. The summed E-state index contributed by atoms with van der Waals surface area (Å²) in [5.41, 5.74) is -0.536. The van der Waals surface area contributed by atoms with Crippen LogP contribution in [-0.4, -0.2) is 21.0 Å². The van der Waals surface area contributed by atoms with Crippen LogP contribution in [0, 0.1) is 0 Å². The lowest BCUT2D eigenvalue weighted by Crippen LogP contribution is -2.14. The predicted molar refractivity (Wildman–Crippen MR) is 109 cm³/mol. The lowest BCUT2D eigenvalue weighted by Gasteiger charge is -2.16. The van der Waals surface area contributed by atoms with Gasteiger partial charge in [-0.15, -0.1) is 0 Å². The van der Waals surface area contributed by atoms with Crippen LogP contribution in [0.15, 0.2) is 54.6 Å². The summed E-state index contributed by atoms with van der Waals surface area (Å²) < 4.78 is 41.3. The molecule has 154 valence electrons. The number of benzene rings is 2. The highest BCUT2D eigenvalue weighted by Gasteiger charge is 2.37. The van der Waals surface area contributed by atoms with Crippen LogP contribution in [0.5, 0.6) is 0 Å². The van der Waals surface area contributed by atoms with Gasteiger partial charge in [-0.3, -0.25) is 0 Å². The Morgan fingerprint density at radius 1 is 1.07 bits per heavy atom. The van der Waals surface area contributed by atoms with Crippen molar-refractivity contribution in [3.8, 4) is 11.4 Å². The molecule has 0 spiro atoms. The van der Waals surface area contributed by atoms with E-state index in [4.69, 9.17) is 16.7 Å². The minimum atomic E-state index is -4.72. The average Bonchev–Trinajstić information content (AvgIpc) is 2.69. The second kappa shape index (κ2) is 8.54. The summed E-state index contributed by atoms with van der Waals surface area (Å²) in [7, 11) is 0. The molecular weight excluding hydrogens is 419 g/mol. The van der Waals surface area contributed by atoms with Crippen molar-refractivity contribution in [1.82, 2.24) is 9.97 Å². The first-order valence-electron chi connectivity index (χ1n) is 8.67. The smallest absolute Gasteiger partial charge is 0.434 e. The number of alkyl halides is 3. The summed E-state index contributed by atoms with van der Waals surface area (Å²) in [6.45, 7) is 1.58. The molecule has 0 aliphatic rings. The van der Waals surface area contributed by atoms with Crippen LogP contribution in [-0.2, 0) is 6.18 Å². The minimum absolute atomic E-state index is 0.0507. The van der Waals surface area contributed by atoms with Gasteiger partial charge in [-0.25, -0.2) is 14.8 Å². The van der Waals surface area contributed by atoms with E-state index >= 15 is 0 Å². The number of aromatic nitrogens is 2. The van der Waals surface area contributed by atoms with Gasteiger partial charge in [0.25, 0.3) is 0 Å². The first-order chi connectivity index (χ1) is 14.2. The Balaban J connectivity index is 2.16. The fourth-order valence-electron chi connectivity index (χ4n) is 2.67. The van der Waals surface area contributed by atoms with Gasteiger partial charge < -0.3 is 10.4 Å². The molecule has 0 saturated heterocycles. The van der Waals surface area contributed by atoms with Gasteiger partial charge in [-0.1, -0.05) is 23.8 Å². The minimum Gasteiger partial charge on any atom is -0.478 e. The van der Waals surface area contributed by atoms with E-state index in [0.29, 0.717) is 16.3 Å². The number of allylic oxidation sites excluding steroid dienone is 1. The second-order valence-electron chi connectivity index (χ2n) is 6.17. The van der Waals surface area contributed by atoms with Gasteiger partial charge in [0.2, 0.25) is 0 Å². The number of carboxylic acids is 1. The van der Waals surface area contributed by atoms with E-state index in [-0.39, 0.29) is 22.8 Å². The molecule has 0 amide bonds. The molecule has 3 rings (SSSR count). The van der Waals surface area contributed by atoms with E-state index in [1.54, 1.807) is 6.92 Å². The number of rotatable bonds is 5. The first kappa shape index (κ1) is 21.3. The molecule has 30 heavy (non-hydrogen) atoms. The summed E-state index contributed by atoms with van der Waals surface area (Å²) in [5, 5.41) is 12.3. The molecule has 0 atom stereocenters. The van der Waals surface area contributed by atoms with Crippen LogP contribution in [0.2, 0.25) is 5.02 Å². The van der Waals surface area contributed by atoms with Crippen molar-refractivity contribution in [1.29, 1.82) is 0 Å². The van der Waals surface area contributed by atoms with E-state index in [1.807, 2.05) is 0 Å². The van der Waals surface area contributed by atoms with Crippen molar-refractivity contribution in [2.45, 2.75) is 13.1 Å². The van der Waals surface area contributed by atoms with Crippen LogP contribution >= 0.6 is 11.6 Å². The SMILES string of the molecule is CC=Cc1c(Nc2ccc(C(=O)O)cc2)nc(-c2ccc(Cl)cc2)nc1C(F)(F)F. The normalized spacial score (nSPS) is 11.6. The van der Waals surface area contributed by atoms with Crippen molar-refractivity contribution in [2.24, 2.45) is 0 Å². The quantitative estimate of drug-likeness (QED) is 0.494. The Labute approximate surface area is 174 Å². The van der Waals surface area contributed by atoms with Crippen molar-refractivity contribution in [2.75, 3.05) is 5.32 Å². The van der Waals surface area contributed by atoms with Gasteiger partial charge >= 0.3 is 12.1 Å². The number of hydrogen-bond donors (Lipinski definition) is 2. The Morgan fingerprint density at radius 3 is 2.23 bits per heavy atom. The molecule has 0 unspecified atom stereocenters. The maximum absolute atomic E-state index is 13.8. The molecule has 0 fully saturated rings. The van der Waals surface area contributed by atoms with Gasteiger partial charge in [0.15, 0.2) is 11.5 Å². The van der Waals surface area contributed by atoms with Gasteiger partial charge in [-0.2, -0.15) is 13.2 Å². The zero-order chi connectivity index (χ0) is 21.9. The third-order valence-corrected chi connectivity index (χ3v) is 4.30. The van der Waals surface area contributed by atoms with Crippen LogP contribution in [0.4, 0.5) is 24.7 Å². The lowest BCUT2D eigenvalue weighted by atomic mass is 10.1. The summed E-state index contributed by atoms with van der Waals surface area (Å²) >= 11 is 5.86. The van der Waals surface area contributed by atoms with Crippen molar-refractivity contribution in [3.63, 3.8) is 0 Å². The molecule has 1 aromatic heterocycles. The van der Waals surface area contributed by atoms with E-state index in [0.717, 1.165) is 0 Å². The molecule has 0 bridgehead atoms. The van der Waals surface area contributed by atoms with Crippen molar-refractivity contribution < 1.29 is 23.1 Å². The topological polar surface area (TPSA) is 75.1 Å². The summed E-state index contributed by atoms with van der Waals surface area (Å²) in [6.07, 6.45) is -2.00. The molecule has 1 heterocycles. The summed E-state index contributed by atoms with van der Waals surface area (Å²) in [6, 6.07) is 11.7. The average molecular weight is 434 g/mol. The van der Waals surface area contributed by atoms with Crippen molar-refractivity contribution >= 4 is 35.2 Å². The number of hydrogen-bond acceptors (Lipinski definition) is 4. The molecule has 2 N–H and O–H groups in total. The van der Waals surface area contributed by atoms with Crippen LogP contribution in [0.1, 0.15) is 28.5 Å². The lowest BCUT2D eigenvalue weighted by molar-refractivity contribution is -0.141. The largest absolute Gasteiger partial charge is 0.478 e. The Hall–Kier alpha value is -3.39. The van der Waals surface area contributed by atoms with Gasteiger partial charge in [-0.05, 0) is 55.5 Å². The molecule has 3 aromatic rings. The van der Waals surface area contributed by atoms with Crippen LogP contribution in [0.25, 0.3) is 17.5 Å². The van der Waals surface area contributed by atoms with E-state index in [1.165, 1.54) is 60.7 Å². The molecule has 0 aliphatic heterocycles. The number of carboxylic acid groups (broad SMARTS) is 1. The van der Waals surface area contributed by atoms with Gasteiger partial charge in [0.1, 0.15) is 5.82 Å². The van der Waals surface area contributed by atoms with Gasteiger partial charge in [0.05, 0.1) is 5.56 Å². The highest BCUT2D eigenvalue weighted by atomic mass is 35.5. The molecule has 2 aromatic carbocycles. The zero-order valence-electron chi connectivity index (χ0n) is 15.5.